The lowest BCUT2D eigenvalue weighted by Gasteiger charge is -2.32. The smallest absolute Gasteiger partial charge is 0.0702 e. The van der Waals surface area contributed by atoms with Crippen molar-refractivity contribution in [2.75, 3.05) is 32.8 Å². The zero-order valence-corrected chi connectivity index (χ0v) is 11.5. The first-order chi connectivity index (χ1) is 8.36. The average molecular weight is 242 g/mol. The van der Waals surface area contributed by atoms with Gasteiger partial charge in [0.25, 0.3) is 0 Å². The predicted molar refractivity (Wildman–Crippen MR) is 73.2 cm³/mol. The zero-order valence-electron chi connectivity index (χ0n) is 11.5. The molecule has 0 aromatic carbocycles. The van der Waals surface area contributed by atoms with Gasteiger partial charge < -0.3 is 15.4 Å². The van der Waals surface area contributed by atoms with Crippen molar-refractivity contribution in [3.8, 4) is 0 Å². The molecule has 0 radical (unpaired) electrons. The fourth-order valence-corrected chi connectivity index (χ4v) is 2.60. The molecule has 1 aliphatic rings. The molecule has 1 aliphatic heterocycles. The molecule has 17 heavy (non-hydrogen) atoms. The van der Waals surface area contributed by atoms with Crippen molar-refractivity contribution >= 4 is 0 Å². The minimum atomic E-state index is 0.492. The zero-order chi connectivity index (χ0) is 12.3. The maximum absolute atomic E-state index is 5.72. The number of nitrogens with zero attached hydrogens (tertiary/aromatic N) is 1. The molecule has 2 N–H and O–H groups in total. The number of unbranched alkanes of at least 4 members (excludes halogenated alkanes) is 4. The first-order valence-corrected chi connectivity index (χ1v) is 7.40. The van der Waals surface area contributed by atoms with Gasteiger partial charge in [-0.3, -0.25) is 0 Å². The summed E-state index contributed by atoms with van der Waals surface area (Å²) >= 11 is 0. The van der Waals surface area contributed by atoms with Crippen LogP contribution in [-0.2, 0) is 4.74 Å². The van der Waals surface area contributed by atoms with Crippen LogP contribution in [0.4, 0.5) is 0 Å². The summed E-state index contributed by atoms with van der Waals surface area (Å²) in [7, 11) is 0. The van der Waals surface area contributed by atoms with Crippen LogP contribution in [0.25, 0.3) is 0 Å². The van der Waals surface area contributed by atoms with E-state index in [-0.39, 0.29) is 0 Å². The van der Waals surface area contributed by atoms with Gasteiger partial charge in [0.1, 0.15) is 0 Å². The predicted octanol–water partition coefficient (Wildman–Crippen LogP) is 2.40. The Morgan fingerprint density at radius 1 is 1.18 bits per heavy atom. The van der Waals surface area contributed by atoms with Crippen LogP contribution in [0, 0.1) is 0 Å². The third-order valence-electron chi connectivity index (χ3n) is 3.54. The number of ether oxygens (including phenoxy) is 1. The van der Waals surface area contributed by atoms with Crippen LogP contribution >= 0.6 is 0 Å². The quantitative estimate of drug-likeness (QED) is 0.631. The van der Waals surface area contributed by atoms with Crippen molar-refractivity contribution in [1.82, 2.24) is 4.90 Å². The van der Waals surface area contributed by atoms with Gasteiger partial charge in [0.15, 0.2) is 0 Å². The van der Waals surface area contributed by atoms with Gasteiger partial charge in [-0.2, -0.15) is 0 Å². The fourth-order valence-electron chi connectivity index (χ4n) is 2.60. The maximum atomic E-state index is 5.72. The molecule has 1 fully saturated rings. The third-order valence-corrected chi connectivity index (χ3v) is 3.54. The van der Waals surface area contributed by atoms with Gasteiger partial charge in [0.2, 0.25) is 0 Å². The van der Waals surface area contributed by atoms with E-state index in [0.717, 1.165) is 19.7 Å². The molecule has 0 saturated carbocycles. The van der Waals surface area contributed by atoms with E-state index in [4.69, 9.17) is 10.5 Å². The number of piperidine rings is 1. The largest absolute Gasteiger partial charge is 0.377 e. The second kappa shape index (κ2) is 9.86. The SMILES string of the molecule is CCOC1CCCN(CCCCCCCN)C1. The van der Waals surface area contributed by atoms with E-state index in [1.165, 1.54) is 58.0 Å². The molecule has 1 saturated heterocycles. The molecule has 1 atom stereocenters. The van der Waals surface area contributed by atoms with Gasteiger partial charge in [-0.15, -0.1) is 0 Å². The van der Waals surface area contributed by atoms with Crippen molar-refractivity contribution in [3.05, 3.63) is 0 Å². The van der Waals surface area contributed by atoms with E-state index in [1.54, 1.807) is 0 Å². The molecule has 0 aromatic heterocycles. The average Bonchev–Trinajstić information content (AvgIpc) is 2.35. The maximum Gasteiger partial charge on any atom is 0.0702 e. The van der Waals surface area contributed by atoms with Crippen molar-refractivity contribution in [2.45, 2.75) is 58.0 Å². The molecule has 0 aromatic rings. The number of rotatable bonds is 9. The summed E-state index contributed by atoms with van der Waals surface area (Å²) in [4.78, 5) is 2.58. The Balaban J connectivity index is 1.98. The second-order valence-electron chi connectivity index (χ2n) is 5.08. The van der Waals surface area contributed by atoms with E-state index < -0.39 is 0 Å². The van der Waals surface area contributed by atoms with E-state index in [2.05, 4.69) is 11.8 Å². The second-order valence-corrected chi connectivity index (χ2v) is 5.08. The standard InChI is InChI=1S/C14H30N2O/c1-2-17-14-9-8-12-16(13-14)11-7-5-3-4-6-10-15/h14H,2-13,15H2,1H3. The monoisotopic (exact) mass is 242 g/mol. The highest BCUT2D eigenvalue weighted by atomic mass is 16.5. The fraction of sp³-hybridized carbons (Fsp3) is 1.00. The Labute approximate surface area is 107 Å². The van der Waals surface area contributed by atoms with Crippen LogP contribution in [0.2, 0.25) is 0 Å². The van der Waals surface area contributed by atoms with Crippen molar-refractivity contribution in [2.24, 2.45) is 5.73 Å². The molecular weight excluding hydrogens is 212 g/mol. The number of hydrogen-bond donors (Lipinski definition) is 1. The lowest BCUT2D eigenvalue weighted by molar-refractivity contribution is 0.00558. The topological polar surface area (TPSA) is 38.5 Å². The Kier molecular flexibility index (Phi) is 8.67. The minimum absolute atomic E-state index is 0.492. The summed E-state index contributed by atoms with van der Waals surface area (Å²) in [5.41, 5.74) is 5.48. The Morgan fingerprint density at radius 2 is 1.94 bits per heavy atom. The third kappa shape index (κ3) is 7.02. The molecule has 1 rings (SSSR count). The lowest BCUT2D eigenvalue weighted by atomic mass is 10.1. The molecule has 102 valence electrons. The molecule has 3 heteroatoms. The number of nitrogens with two attached hydrogens (primary N) is 1. The van der Waals surface area contributed by atoms with E-state index >= 15 is 0 Å². The molecule has 1 heterocycles. The molecule has 0 aliphatic carbocycles. The highest BCUT2D eigenvalue weighted by molar-refractivity contribution is 4.73. The Morgan fingerprint density at radius 3 is 2.71 bits per heavy atom. The number of hydrogen-bond acceptors (Lipinski definition) is 3. The van der Waals surface area contributed by atoms with Crippen LogP contribution < -0.4 is 5.73 Å². The van der Waals surface area contributed by atoms with Crippen LogP contribution in [-0.4, -0.2) is 43.8 Å². The van der Waals surface area contributed by atoms with Crippen molar-refractivity contribution in [3.63, 3.8) is 0 Å². The molecule has 3 nitrogen and oxygen atoms in total. The van der Waals surface area contributed by atoms with E-state index in [9.17, 15) is 0 Å². The summed E-state index contributed by atoms with van der Waals surface area (Å²) in [6.45, 7) is 7.48. The highest BCUT2D eigenvalue weighted by Crippen LogP contribution is 2.14. The first-order valence-electron chi connectivity index (χ1n) is 7.40. The van der Waals surface area contributed by atoms with Gasteiger partial charge in [-0.05, 0) is 52.2 Å². The lowest BCUT2D eigenvalue weighted by Crippen LogP contribution is -2.40. The highest BCUT2D eigenvalue weighted by Gasteiger charge is 2.19. The van der Waals surface area contributed by atoms with Crippen LogP contribution in [0.15, 0.2) is 0 Å². The van der Waals surface area contributed by atoms with E-state index in [1.807, 2.05) is 0 Å². The molecule has 0 amide bonds. The molecular formula is C14H30N2O. The normalized spacial score (nSPS) is 21.9. The van der Waals surface area contributed by atoms with E-state index in [0.29, 0.717) is 6.10 Å². The Hall–Kier alpha value is -0.120. The molecule has 1 unspecified atom stereocenters. The van der Waals surface area contributed by atoms with Crippen LogP contribution in [0.1, 0.15) is 51.9 Å². The van der Waals surface area contributed by atoms with Gasteiger partial charge in [-0.1, -0.05) is 19.3 Å². The minimum Gasteiger partial charge on any atom is -0.377 e. The summed E-state index contributed by atoms with van der Waals surface area (Å²) in [6, 6.07) is 0. The van der Waals surface area contributed by atoms with Gasteiger partial charge in [-0.25, -0.2) is 0 Å². The summed E-state index contributed by atoms with van der Waals surface area (Å²) in [5.74, 6) is 0. The molecule has 0 bridgehead atoms. The molecule has 0 spiro atoms. The summed E-state index contributed by atoms with van der Waals surface area (Å²) < 4.78 is 5.72. The summed E-state index contributed by atoms with van der Waals surface area (Å²) in [5, 5.41) is 0. The van der Waals surface area contributed by atoms with Gasteiger partial charge in [0.05, 0.1) is 6.10 Å². The first kappa shape index (κ1) is 14.9. The van der Waals surface area contributed by atoms with Crippen molar-refractivity contribution < 1.29 is 4.74 Å². The van der Waals surface area contributed by atoms with Gasteiger partial charge >= 0.3 is 0 Å². The number of likely N-dealkylation sites (tertiary alicyclic amines) is 1. The van der Waals surface area contributed by atoms with Crippen LogP contribution in [0.3, 0.4) is 0 Å². The van der Waals surface area contributed by atoms with Gasteiger partial charge in [0, 0.05) is 13.2 Å². The van der Waals surface area contributed by atoms with Crippen LogP contribution in [0.5, 0.6) is 0 Å². The Bertz CT molecular complexity index is 174. The van der Waals surface area contributed by atoms with Crippen molar-refractivity contribution in [1.29, 1.82) is 0 Å². The summed E-state index contributed by atoms with van der Waals surface area (Å²) in [6.07, 6.45) is 9.58.